The van der Waals surface area contributed by atoms with Crippen LogP contribution >= 0.6 is 0 Å². The molecule has 1 aromatic rings. The first-order valence-corrected chi connectivity index (χ1v) is 11.5. The molecule has 2 fully saturated rings. The third kappa shape index (κ3) is 5.21. The summed E-state index contributed by atoms with van der Waals surface area (Å²) in [6.45, 7) is 5.45. The van der Waals surface area contributed by atoms with Gasteiger partial charge >= 0.3 is 0 Å². The molecule has 2 aliphatic rings. The van der Waals surface area contributed by atoms with E-state index in [1.807, 2.05) is 6.92 Å². The highest BCUT2D eigenvalue weighted by molar-refractivity contribution is 7.90. The molecule has 1 saturated heterocycles. The van der Waals surface area contributed by atoms with Crippen LogP contribution in [-0.4, -0.2) is 62.4 Å². The molecule has 3 rings (SSSR count). The van der Waals surface area contributed by atoms with Crippen molar-refractivity contribution in [1.29, 1.82) is 0 Å². The molecule has 0 spiro atoms. The fraction of sp³-hybridized carbons (Fsp3) is 0.550. The van der Waals surface area contributed by atoms with Gasteiger partial charge in [-0.05, 0) is 50.8 Å². The van der Waals surface area contributed by atoms with Crippen LogP contribution in [0.15, 0.2) is 23.1 Å². The van der Waals surface area contributed by atoms with Gasteiger partial charge in [-0.2, -0.15) is 0 Å². The van der Waals surface area contributed by atoms with Crippen molar-refractivity contribution in [2.45, 2.75) is 50.2 Å². The van der Waals surface area contributed by atoms with Gasteiger partial charge in [-0.3, -0.25) is 14.4 Å². The first kappa shape index (κ1) is 23.1. The molecule has 0 bridgehead atoms. The summed E-state index contributed by atoms with van der Waals surface area (Å²) in [7, 11) is -4.39. The van der Waals surface area contributed by atoms with Gasteiger partial charge in [0.2, 0.25) is 5.91 Å². The number of morpholine rings is 1. The van der Waals surface area contributed by atoms with E-state index in [2.05, 4.69) is 5.32 Å². The van der Waals surface area contributed by atoms with Crippen molar-refractivity contribution in [3.8, 4) is 0 Å². The van der Waals surface area contributed by atoms with E-state index in [-0.39, 0.29) is 5.56 Å². The van der Waals surface area contributed by atoms with Crippen LogP contribution < -0.4 is 10.0 Å². The predicted octanol–water partition coefficient (Wildman–Crippen LogP) is 0.796. The van der Waals surface area contributed by atoms with Crippen molar-refractivity contribution in [3.05, 3.63) is 29.6 Å². The summed E-state index contributed by atoms with van der Waals surface area (Å²) in [5, 5.41) is 2.26. The van der Waals surface area contributed by atoms with Gasteiger partial charge in [-0.1, -0.05) is 0 Å². The lowest BCUT2D eigenvalue weighted by Crippen LogP contribution is -2.53. The highest BCUT2D eigenvalue weighted by Crippen LogP contribution is 2.43. The van der Waals surface area contributed by atoms with Crippen LogP contribution in [0.2, 0.25) is 0 Å². The van der Waals surface area contributed by atoms with Crippen LogP contribution in [0.3, 0.4) is 0 Å². The minimum Gasteiger partial charge on any atom is -0.371 e. The van der Waals surface area contributed by atoms with Gasteiger partial charge in [0.25, 0.3) is 21.8 Å². The van der Waals surface area contributed by atoms with E-state index < -0.39 is 50.1 Å². The Labute approximate surface area is 180 Å². The van der Waals surface area contributed by atoms with Crippen molar-refractivity contribution in [2.24, 2.45) is 5.92 Å². The van der Waals surface area contributed by atoms with Gasteiger partial charge < -0.3 is 15.0 Å². The number of sulfonamides is 1. The van der Waals surface area contributed by atoms with Gasteiger partial charge in [0, 0.05) is 13.5 Å². The summed E-state index contributed by atoms with van der Waals surface area (Å²) in [6, 6.07) is 1.76. The Kier molecular flexibility index (Phi) is 6.38. The van der Waals surface area contributed by atoms with E-state index in [1.54, 1.807) is 4.72 Å². The van der Waals surface area contributed by atoms with Gasteiger partial charge in [0.15, 0.2) is 0 Å². The Morgan fingerprint density at radius 1 is 1.29 bits per heavy atom. The molecule has 9 nitrogen and oxygen atoms in total. The SMILES string of the molecule is CC(=O)NC(C)C(=O)NS(=O)(=O)c1ccc(C(=O)N2CCOC(C)(C3CC3)C2)c(F)c1. The first-order chi connectivity index (χ1) is 14.4. The molecule has 1 aliphatic heterocycles. The molecule has 1 aliphatic carbocycles. The molecular formula is C20H26FN3O6S. The van der Waals surface area contributed by atoms with Crippen LogP contribution in [0.1, 0.15) is 44.0 Å². The van der Waals surface area contributed by atoms with Gasteiger partial charge in [0.05, 0.1) is 29.2 Å². The second-order valence-corrected chi connectivity index (χ2v) is 9.88. The number of amides is 3. The third-order valence-electron chi connectivity index (χ3n) is 5.56. The van der Waals surface area contributed by atoms with Crippen molar-refractivity contribution in [3.63, 3.8) is 0 Å². The molecule has 0 aromatic heterocycles. The van der Waals surface area contributed by atoms with E-state index in [0.717, 1.165) is 25.0 Å². The molecule has 1 saturated carbocycles. The normalized spacial score (nSPS) is 22.5. The second kappa shape index (κ2) is 8.54. The second-order valence-electron chi connectivity index (χ2n) is 8.20. The third-order valence-corrected chi connectivity index (χ3v) is 6.90. The molecule has 170 valence electrons. The maximum Gasteiger partial charge on any atom is 0.264 e. The Morgan fingerprint density at radius 3 is 2.55 bits per heavy atom. The largest absolute Gasteiger partial charge is 0.371 e. The molecule has 3 amide bonds. The minimum atomic E-state index is -4.39. The number of nitrogens with one attached hydrogen (secondary N) is 2. The number of hydrogen-bond donors (Lipinski definition) is 2. The van der Waals surface area contributed by atoms with Crippen LogP contribution in [0.25, 0.3) is 0 Å². The monoisotopic (exact) mass is 455 g/mol. The van der Waals surface area contributed by atoms with E-state index >= 15 is 0 Å². The topological polar surface area (TPSA) is 122 Å². The summed E-state index contributed by atoms with van der Waals surface area (Å²) in [6.07, 6.45) is 2.07. The van der Waals surface area contributed by atoms with Crippen LogP contribution in [-0.2, 0) is 24.3 Å². The number of ether oxygens (including phenoxy) is 1. The Morgan fingerprint density at radius 2 is 1.97 bits per heavy atom. The maximum absolute atomic E-state index is 14.7. The number of benzene rings is 1. The number of halogens is 1. The standard InChI is InChI=1S/C20H26FN3O6S/c1-12(22-13(2)25)18(26)23-31(28,29)15-6-7-16(17(21)10-15)19(27)24-8-9-30-20(3,11-24)14-4-5-14/h6-7,10,12,14H,4-5,8-9,11H2,1-3H3,(H,22,25)(H,23,26). The molecule has 2 N–H and O–H groups in total. The lowest BCUT2D eigenvalue weighted by molar-refractivity contribution is -0.126. The number of carbonyl (C=O) groups excluding carboxylic acids is 3. The van der Waals surface area contributed by atoms with Crippen molar-refractivity contribution in [1.82, 2.24) is 14.9 Å². The van der Waals surface area contributed by atoms with E-state index in [0.29, 0.717) is 31.7 Å². The zero-order valence-electron chi connectivity index (χ0n) is 17.6. The van der Waals surface area contributed by atoms with Crippen LogP contribution in [0, 0.1) is 11.7 Å². The highest BCUT2D eigenvalue weighted by atomic mass is 32.2. The number of hydrogen-bond acceptors (Lipinski definition) is 6. The number of carbonyl (C=O) groups is 3. The number of nitrogens with zero attached hydrogens (tertiary/aromatic N) is 1. The summed E-state index contributed by atoms with van der Waals surface area (Å²) in [4.78, 5) is 36.9. The Hall–Kier alpha value is -2.53. The van der Waals surface area contributed by atoms with Crippen molar-refractivity contribution >= 4 is 27.7 Å². The van der Waals surface area contributed by atoms with Crippen molar-refractivity contribution in [2.75, 3.05) is 19.7 Å². The zero-order chi connectivity index (χ0) is 23.0. The molecule has 0 radical (unpaired) electrons. The molecule has 2 unspecified atom stereocenters. The maximum atomic E-state index is 14.7. The molecular weight excluding hydrogens is 429 g/mol. The minimum absolute atomic E-state index is 0.253. The van der Waals surface area contributed by atoms with Crippen molar-refractivity contribution < 1.29 is 31.9 Å². The average Bonchev–Trinajstić information content (AvgIpc) is 3.52. The molecule has 1 heterocycles. The van der Waals surface area contributed by atoms with Crippen LogP contribution in [0.5, 0.6) is 0 Å². The Bertz CT molecular complexity index is 1010. The molecule has 1 aromatic carbocycles. The lowest BCUT2D eigenvalue weighted by atomic mass is 9.97. The summed E-state index contributed by atoms with van der Waals surface area (Å²) >= 11 is 0. The van der Waals surface area contributed by atoms with Gasteiger partial charge in [0.1, 0.15) is 11.9 Å². The molecule has 2 atom stereocenters. The van der Waals surface area contributed by atoms with Crippen LogP contribution in [0.4, 0.5) is 4.39 Å². The van der Waals surface area contributed by atoms with Gasteiger partial charge in [-0.25, -0.2) is 17.5 Å². The van der Waals surface area contributed by atoms with E-state index in [9.17, 15) is 27.2 Å². The molecule has 31 heavy (non-hydrogen) atoms. The summed E-state index contributed by atoms with van der Waals surface area (Å²) in [5.41, 5.74) is -0.709. The van der Waals surface area contributed by atoms with E-state index in [4.69, 9.17) is 4.74 Å². The number of rotatable bonds is 6. The fourth-order valence-electron chi connectivity index (χ4n) is 3.66. The highest BCUT2D eigenvalue weighted by Gasteiger charge is 2.46. The van der Waals surface area contributed by atoms with Gasteiger partial charge in [-0.15, -0.1) is 0 Å². The van der Waals surface area contributed by atoms with E-state index in [1.165, 1.54) is 18.7 Å². The fourth-order valence-corrected chi connectivity index (χ4v) is 4.73. The molecule has 11 heteroatoms. The summed E-state index contributed by atoms with van der Waals surface area (Å²) < 4.78 is 47.2. The zero-order valence-corrected chi connectivity index (χ0v) is 18.4. The average molecular weight is 456 g/mol. The Balaban J connectivity index is 1.73. The summed E-state index contributed by atoms with van der Waals surface area (Å²) in [5.74, 6) is -2.64. The predicted molar refractivity (Wildman–Crippen MR) is 108 cm³/mol. The smallest absolute Gasteiger partial charge is 0.264 e. The quantitative estimate of drug-likeness (QED) is 0.654. The first-order valence-electron chi connectivity index (χ1n) is 9.99. The lowest BCUT2D eigenvalue weighted by Gasteiger charge is -2.41.